The van der Waals surface area contributed by atoms with Crippen molar-refractivity contribution in [1.29, 1.82) is 0 Å². The van der Waals surface area contributed by atoms with Crippen molar-refractivity contribution >= 4 is 5.78 Å². The zero-order chi connectivity index (χ0) is 19.8. The van der Waals surface area contributed by atoms with Gasteiger partial charge in [-0.15, -0.1) is 0 Å². The number of hydrogen-bond acceptors (Lipinski definition) is 1. The predicted octanol–water partition coefficient (Wildman–Crippen LogP) is 8.31. The highest BCUT2D eigenvalue weighted by atomic mass is 16.1. The topological polar surface area (TPSA) is 17.1 Å². The summed E-state index contributed by atoms with van der Waals surface area (Å²) in [5.41, 5.74) is 1.33. The minimum atomic E-state index is -0.151. The third-order valence-corrected chi connectivity index (χ3v) is 5.55. The van der Waals surface area contributed by atoms with Crippen LogP contribution in [0.25, 0.3) is 0 Å². The van der Waals surface area contributed by atoms with Gasteiger partial charge >= 0.3 is 0 Å². The Labute approximate surface area is 169 Å². The number of Topliss-reactive ketones (excluding diaryl/α,β-unsaturated/α-hetero) is 1. The number of aryl methyl sites for hydroxylation is 1. The van der Waals surface area contributed by atoms with Crippen LogP contribution in [0.3, 0.4) is 0 Å². The van der Waals surface area contributed by atoms with Gasteiger partial charge in [0.25, 0.3) is 0 Å². The molecular weight excluding hydrogens is 328 g/mol. The molecular formula is C26H44O. The first-order chi connectivity index (χ1) is 13.0. The minimum Gasteiger partial charge on any atom is -0.299 e. The molecule has 0 aliphatic rings. The highest BCUT2D eigenvalue weighted by Crippen LogP contribution is 2.19. The maximum absolute atomic E-state index is 11.8. The smallest absolute Gasteiger partial charge is 0.138 e. The molecule has 1 aromatic rings. The number of carbonyl (C=O) groups is 1. The van der Waals surface area contributed by atoms with Crippen LogP contribution < -0.4 is 0 Å². The monoisotopic (exact) mass is 372 g/mol. The van der Waals surface area contributed by atoms with Crippen LogP contribution in [0.5, 0.6) is 0 Å². The summed E-state index contributed by atoms with van der Waals surface area (Å²) in [5, 5.41) is 0. The van der Waals surface area contributed by atoms with E-state index in [1.807, 2.05) is 20.8 Å². The number of ketones is 1. The molecule has 0 unspecified atom stereocenters. The summed E-state index contributed by atoms with van der Waals surface area (Å²) in [5.74, 6) is 0.419. The van der Waals surface area contributed by atoms with Gasteiger partial charge in [0.1, 0.15) is 5.78 Å². The van der Waals surface area contributed by atoms with Crippen LogP contribution in [-0.2, 0) is 11.2 Å². The number of rotatable bonds is 16. The zero-order valence-electron chi connectivity index (χ0n) is 18.4. The zero-order valence-corrected chi connectivity index (χ0v) is 18.4. The van der Waals surface area contributed by atoms with Crippen molar-refractivity contribution < 1.29 is 4.79 Å². The first-order valence-corrected chi connectivity index (χ1v) is 11.6. The lowest BCUT2D eigenvalue weighted by molar-refractivity contribution is -0.126. The summed E-state index contributed by atoms with van der Waals surface area (Å²) >= 11 is 0. The van der Waals surface area contributed by atoms with Crippen molar-refractivity contribution in [2.75, 3.05) is 0 Å². The molecule has 0 saturated heterocycles. The Bertz CT molecular complexity index is 469. The van der Waals surface area contributed by atoms with E-state index < -0.39 is 0 Å². The molecule has 27 heavy (non-hydrogen) atoms. The molecule has 0 bridgehead atoms. The van der Waals surface area contributed by atoms with E-state index in [-0.39, 0.29) is 5.41 Å². The van der Waals surface area contributed by atoms with E-state index in [1.165, 1.54) is 89.0 Å². The third-order valence-electron chi connectivity index (χ3n) is 5.55. The molecule has 0 aromatic heterocycles. The van der Waals surface area contributed by atoms with Crippen molar-refractivity contribution in [3.05, 3.63) is 35.9 Å². The lowest BCUT2D eigenvalue weighted by Gasteiger charge is -2.16. The lowest BCUT2D eigenvalue weighted by Crippen LogP contribution is -2.19. The molecule has 1 rings (SSSR count). The van der Waals surface area contributed by atoms with E-state index in [2.05, 4.69) is 30.3 Å². The van der Waals surface area contributed by atoms with Crippen molar-refractivity contribution in [3.63, 3.8) is 0 Å². The highest BCUT2D eigenvalue weighted by molar-refractivity contribution is 5.83. The van der Waals surface area contributed by atoms with E-state index in [0.29, 0.717) is 5.78 Å². The van der Waals surface area contributed by atoms with E-state index in [0.717, 1.165) is 12.8 Å². The molecule has 0 amide bonds. The molecule has 0 N–H and O–H groups in total. The normalized spacial score (nSPS) is 11.7. The first kappa shape index (κ1) is 23.9. The van der Waals surface area contributed by atoms with Crippen molar-refractivity contribution in [2.24, 2.45) is 5.41 Å². The molecule has 0 heterocycles. The first-order valence-electron chi connectivity index (χ1n) is 11.6. The minimum absolute atomic E-state index is 0.151. The summed E-state index contributed by atoms with van der Waals surface area (Å²) < 4.78 is 0. The van der Waals surface area contributed by atoms with Gasteiger partial charge in [0.15, 0.2) is 0 Å². The second kappa shape index (κ2) is 14.9. The molecule has 0 aliphatic heterocycles. The third kappa shape index (κ3) is 13.7. The quantitative estimate of drug-likeness (QED) is 0.267. The highest BCUT2D eigenvalue weighted by Gasteiger charge is 2.19. The molecule has 0 fully saturated rings. The van der Waals surface area contributed by atoms with Gasteiger partial charge < -0.3 is 0 Å². The van der Waals surface area contributed by atoms with Gasteiger partial charge in [-0.1, -0.05) is 122 Å². The van der Waals surface area contributed by atoms with Gasteiger partial charge in [-0.25, -0.2) is 0 Å². The van der Waals surface area contributed by atoms with Crippen LogP contribution in [0.15, 0.2) is 30.3 Å². The molecule has 0 radical (unpaired) electrons. The Morgan fingerprint density at radius 1 is 0.630 bits per heavy atom. The van der Waals surface area contributed by atoms with E-state index in [9.17, 15) is 4.79 Å². The Morgan fingerprint density at radius 3 is 1.48 bits per heavy atom. The molecule has 1 aromatic carbocycles. The van der Waals surface area contributed by atoms with Crippen LogP contribution in [0.1, 0.15) is 116 Å². The van der Waals surface area contributed by atoms with Crippen LogP contribution in [0, 0.1) is 5.41 Å². The fourth-order valence-corrected chi connectivity index (χ4v) is 3.58. The number of carbonyl (C=O) groups excluding carboxylic acids is 1. The number of unbranched alkanes of at least 4 members (excludes halogenated alkanes) is 12. The van der Waals surface area contributed by atoms with Gasteiger partial charge in [-0.3, -0.25) is 4.79 Å². The van der Waals surface area contributed by atoms with Crippen LogP contribution in [-0.4, -0.2) is 5.78 Å². The number of hydrogen-bond donors (Lipinski definition) is 0. The number of benzene rings is 1. The largest absolute Gasteiger partial charge is 0.299 e. The van der Waals surface area contributed by atoms with Gasteiger partial charge in [0.2, 0.25) is 0 Å². The summed E-state index contributed by atoms with van der Waals surface area (Å²) in [7, 11) is 0. The SMILES string of the molecule is CC(C)(C)C(=O)CCCCCCCCCCCCCCCc1ccccc1. The molecule has 0 saturated carbocycles. The van der Waals surface area contributed by atoms with Gasteiger partial charge in [-0.05, 0) is 24.8 Å². The van der Waals surface area contributed by atoms with Crippen molar-refractivity contribution in [1.82, 2.24) is 0 Å². The van der Waals surface area contributed by atoms with E-state index in [1.54, 1.807) is 0 Å². The predicted molar refractivity (Wildman–Crippen MR) is 119 cm³/mol. The lowest BCUT2D eigenvalue weighted by atomic mass is 9.88. The second-order valence-corrected chi connectivity index (χ2v) is 9.25. The molecule has 154 valence electrons. The van der Waals surface area contributed by atoms with Gasteiger partial charge in [0, 0.05) is 11.8 Å². The van der Waals surface area contributed by atoms with Crippen molar-refractivity contribution in [3.8, 4) is 0 Å². The molecule has 1 heteroatoms. The Hall–Kier alpha value is -1.11. The van der Waals surface area contributed by atoms with Gasteiger partial charge in [0.05, 0.1) is 0 Å². The Balaban J connectivity index is 1.76. The molecule has 0 atom stereocenters. The van der Waals surface area contributed by atoms with Crippen LogP contribution in [0.2, 0.25) is 0 Å². The molecule has 0 spiro atoms. The Morgan fingerprint density at radius 2 is 1.04 bits per heavy atom. The average molecular weight is 373 g/mol. The molecule has 1 nitrogen and oxygen atoms in total. The van der Waals surface area contributed by atoms with Gasteiger partial charge in [-0.2, -0.15) is 0 Å². The maximum Gasteiger partial charge on any atom is 0.138 e. The Kier molecular flexibility index (Phi) is 13.2. The molecule has 0 aliphatic carbocycles. The van der Waals surface area contributed by atoms with E-state index in [4.69, 9.17) is 0 Å². The summed E-state index contributed by atoms with van der Waals surface area (Å²) in [6.07, 6.45) is 19.5. The van der Waals surface area contributed by atoms with Crippen LogP contribution in [0.4, 0.5) is 0 Å². The maximum atomic E-state index is 11.8. The fourth-order valence-electron chi connectivity index (χ4n) is 3.58. The summed E-state index contributed by atoms with van der Waals surface area (Å²) in [6.45, 7) is 6.08. The fraction of sp³-hybridized carbons (Fsp3) is 0.731. The second-order valence-electron chi connectivity index (χ2n) is 9.25. The standard InChI is InChI=1S/C26H44O/c1-26(2,3)25(27)23-19-14-12-10-8-6-4-5-7-9-11-13-16-20-24-21-17-15-18-22-24/h15,17-18,21-22H,4-14,16,19-20,23H2,1-3H3. The summed E-state index contributed by atoms with van der Waals surface area (Å²) in [4.78, 5) is 11.8. The van der Waals surface area contributed by atoms with Crippen LogP contribution >= 0.6 is 0 Å². The van der Waals surface area contributed by atoms with E-state index >= 15 is 0 Å². The van der Waals surface area contributed by atoms with Crippen molar-refractivity contribution in [2.45, 2.75) is 117 Å². The average Bonchev–Trinajstić information content (AvgIpc) is 2.64. The summed E-state index contributed by atoms with van der Waals surface area (Å²) in [6, 6.07) is 10.9.